The Hall–Kier alpha value is -4.08. The van der Waals surface area contributed by atoms with Crippen LogP contribution in [0.5, 0.6) is 0 Å². The van der Waals surface area contributed by atoms with Gasteiger partial charge in [0.1, 0.15) is 23.8 Å². The molecule has 2 aliphatic rings. The first-order valence-corrected chi connectivity index (χ1v) is 15.4. The van der Waals surface area contributed by atoms with Crippen molar-refractivity contribution in [3.05, 3.63) is 53.6 Å². The first-order chi connectivity index (χ1) is 20.6. The van der Waals surface area contributed by atoms with Crippen molar-refractivity contribution in [2.45, 2.75) is 104 Å². The van der Waals surface area contributed by atoms with Gasteiger partial charge in [0.25, 0.3) is 5.91 Å². The predicted octanol–water partition coefficient (Wildman–Crippen LogP) is 5.97. The number of hydrogen-bond donors (Lipinski definition) is 2. The quantitative estimate of drug-likeness (QED) is 0.389. The van der Waals surface area contributed by atoms with Crippen LogP contribution >= 0.6 is 0 Å². The second-order valence-corrected chi connectivity index (χ2v) is 13.7. The van der Waals surface area contributed by atoms with Gasteiger partial charge in [-0.25, -0.2) is 9.59 Å². The SMILES string of the molecule is Cc1ccc2c(c1)N(CC(=O)OC(C)(C)C)C(=O)[C@H](NC(=O)Nc1ccc(C(=O)OC(C)(C)C)cc1)CN2C1CCCCC1. The number of urea groups is 1. The molecule has 1 saturated carbocycles. The fourth-order valence-electron chi connectivity index (χ4n) is 5.64. The van der Waals surface area contributed by atoms with E-state index in [1.807, 2.05) is 25.1 Å². The molecule has 4 rings (SSSR count). The van der Waals surface area contributed by atoms with E-state index in [0.29, 0.717) is 16.9 Å². The van der Waals surface area contributed by atoms with Crippen LogP contribution in [0.2, 0.25) is 0 Å². The number of fused-ring (bicyclic) bond motifs is 1. The van der Waals surface area contributed by atoms with Gasteiger partial charge in [0.2, 0.25) is 0 Å². The first-order valence-electron chi connectivity index (χ1n) is 15.4. The first kappa shape index (κ1) is 32.8. The second-order valence-electron chi connectivity index (χ2n) is 13.7. The molecule has 1 heterocycles. The average molecular weight is 607 g/mol. The van der Waals surface area contributed by atoms with Crippen molar-refractivity contribution >= 4 is 40.9 Å². The molecule has 44 heavy (non-hydrogen) atoms. The molecule has 1 atom stereocenters. The van der Waals surface area contributed by atoms with E-state index in [4.69, 9.17) is 9.47 Å². The van der Waals surface area contributed by atoms with Gasteiger partial charge in [-0.15, -0.1) is 0 Å². The van der Waals surface area contributed by atoms with Crippen molar-refractivity contribution in [3.63, 3.8) is 0 Å². The van der Waals surface area contributed by atoms with Gasteiger partial charge in [-0.3, -0.25) is 14.5 Å². The maximum Gasteiger partial charge on any atom is 0.338 e. The summed E-state index contributed by atoms with van der Waals surface area (Å²) in [5.41, 5.74) is 1.92. The summed E-state index contributed by atoms with van der Waals surface area (Å²) in [6.45, 7) is 12.7. The number of anilines is 3. The van der Waals surface area contributed by atoms with E-state index >= 15 is 0 Å². The molecular formula is C34H46N4O6. The number of nitrogens with zero attached hydrogens (tertiary/aromatic N) is 2. The van der Waals surface area contributed by atoms with Crippen LogP contribution in [-0.4, -0.2) is 60.3 Å². The minimum Gasteiger partial charge on any atom is -0.459 e. The van der Waals surface area contributed by atoms with Crippen molar-refractivity contribution in [2.24, 2.45) is 0 Å². The highest BCUT2D eigenvalue weighted by Crippen LogP contribution is 2.38. The van der Waals surface area contributed by atoms with Crippen LogP contribution in [0.25, 0.3) is 0 Å². The Balaban J connectivity index is 1.59. The van der Waals surface area contributed by atoms with Crippen molar-refractivity contribution in [1.82, 2.24) is 5.32 Å². The summed E-state index contributed by atoms with van der Waals surface area (Å²) >= 11 is 0. The zero-order valence-corrected chi connectivity index (χ0v) is 27.0. The van der Waals surface area contributed by atoms with Crippen molar-refractivity contribution in [1.29, 1.82) is 0 Å². The van der Waals surface area contributed by atoms with Crippen LogP contribution in [0.3, 0.4) is 0 Å². The van der Waals surface area contributed by atoms with Crippen LogP contribution in [-0.2, 0) is 19.1 Å². The van der Waals surface area contributed by atoms with Gasteiger partial charge in [-0.1, -0.05) is 25.3 Å². The molecule has 1 aliphatic carbocycles. The number of hydrogen-bond acceptors (Lipinski definition) is 7. The fraction of sp³-hybridized carbons (Fsp3) is 0.529. The van der Waals surface area contributed by atoms with Crippen molar-refractivity contribution in [2.75, 3.05) is 28.2 Å². The van der Waals surface area contributed by atoms with Crippen LogP contribution in [0.1, 0.15) is 89.6 Å². The van der Waals surface area contributed by atoms with E-state index in [1.54, 1.807) is 65.8 Å². The summed E-state index contributed by atoms with van der Waals surface area (Å²) in [4.78, 5) is 56.5. The zero-order valence-electron chi connectivity index (χ0n) is 27.0. The number of carbonyl (C=O) groups is 4. The summed E-state index contributed by atoms with van der Waals surface area (Å²) in [6, 6.07) is 11.0. The van der Waals surface area contributed by atoms with Crippen LogP contribution in [0.15, 0.2) is 42.5 Å². The summed E-state index contributed by atoms with van der Waals surface area (Å²) in [6.07, 6.45) is 5.32. The Morgan fingerprint density at radius 2 is 1.50 bits per heavy atom. The van der Waals surface area contributed by atoms with E-state index in [9.17, 15) is 19.2 Å². The molecule has 0 spiro atoms. The molecule has 3 amide bonds. The number of rotatable bonds is 6. The monoisotopic (exact) mass is 606 g/mol. The average Bonchev–Trinajstić information content (AvgIpc) is 3.02. The Kier molecular flexibility index (Phi) is 9.91. The number of amides is 3. The minimum atomic E-state index is -0.937. The van der Waals surface area contributed by atoms with Gasteiger partial charge in [0, 0.05) is 18.3 Å². The maximum absolute atomic E-state index is 14.2. The molecule has 1 aliphatic heterocycles. The van der Waals surface area contributed by atoms with E-state index in [1.165, 1.54) is 11.3 Å². The molecule has 2 aromatic carbocycles. The van der Waals surface area contributed by atoms with Crippen LogP contribution in [0, 0.1) is 6.92 Å². The number of carbonyl (C=O) groups excluding carboxylic acids is 4. The number of ether oxygens (including phenoxy) is 2. The van der Waals surface area contributed by atoms with Gasteiger partial charge in [-0.05, 0) is 103 Å². The third-order valence-electron chi connectivity index (χ3n) is 7.48. The highest BCUT2D eigenvalue weighted by molar-refractivity contribution is 6.07. The fourth-order valence-corrected chi connectivity index (χ4v) is 5.64. The van der Waals surface area contributed by atoms with Gasteiger partial charge in [0.15, 0.2) is 0 Å². The third-order valence-corrected chi connectivity index (χ3v) is 7.48. The second kappa shape index (κ2) is 13.3. The lowest BCUT2D eigenvalue weighted by Gasteiger charge is -2.37. The third kappa shape index (κ3) is 8.74. The van der Waals surface area contributed by atoms with Gasteiger partial charge < -0.3 is 25.0 Å². The highest BCUT2D eigenvalue weighted by atomic mass is 16.6. The van der Waals surface area contributed by atoms with Gasteiger partial charge >= 0.3 is 18.0 Å². The summed E-state index contributed by atoms with van der Waals surface area (Å²) in [5, 5.41) is 5.64. The Bertz CT molecular complexity index is 1370. The number of esters is 2. The van der Waals surface area contributed by atoms with Gasteiger partial charge in [-0.2, -0.15) is 0 Å². The van der Waals surface area contributed by atoms with E-state index in [-0.39, 0.29) is 19.1 Å². The molecule has 0 saturated heterocycles. The largest absolute Gasteiger partial charge is 0.459 e. The lowest BCUT2D eigenvalue weighted by molar-refractivity contribution is -0.153. The molecule has 0 unspecified atom stereocenters. The number of nitrogens with one attached hydrogen (secondary N) is 2. The highest BCUT2D eigenvalue weighted by Gasteiger charge is 2.39. The topological polar surface area (TPSA) is 117 Å². The molecule has 0 radical (unpaired) electrons. The van der Waals surface area contributed by atoms with E-state index < -0.39 is 41.1 Å². The predicted molar refractivity (Wildman–Crippen MR) is 171 cm³/mol. The molecule has 238 valence electrons. The molecule has 10 heteroatoms. The molecular weight excluding hydrogens is 560 g/mol. The van der Waals surface area contributed by atoms with Gasteiger partial charge in [0.05, 0.1) is 16.9 Å². The smallest absolute Gasteiger partial charge is 0.338 e. The minimum absolute atomic E-state index is 0.201. The molecule has 10 nitrogen and oxygen atoms in total. The maximum atomic E-state index is 14.2. The Morgan fingerprint density at radius 1 is 0.864 bits per heavy atom. The van der Waals surface area contributed by atoms with Crippen LogP contribution in [0.4, 0.5) is 21.9 Å². The molecule has 0 aromatic heterocycles. The normalized spacial score (nSPS) is 17.8. The summed E-state index contributed by atoms with van der Waals surface area (Å²) in [5.74, 6) is -1.38. The van der Waals surface area contributed by atoms with Crippen molar-refractivity contribution < 1.29 is 28.7 Å². The molecule has 2 N–H and O–H groups in total. The lowest BCUT2D eigenvalue weighted by atomic mass is 9.93. The molecule has 0 bridgehead atoms. The summed E-state index contributed by atoms with van der Waals surface area (Å²) in [7, 11) is 0. The van der Waals surface area contributed by atoms with E-state index in [2.05, 4.69) is 15.5 Å². The molecule has 2 aromatic rings. The van der Waals surface area contributed by atoms with Crippen LogP contribution < -0.4 is 20.4 Å². The standard InChI is InChI=1S/C34H46N4O6/c1-22-13-18-27-28(19-22)38(21-29(39)43-33(2,3)4)30(40)26(20-37(27)25-11-9-8-10-12-25)36-32(42)35-24-16-14-23(15-17-24)31(41)44-34(5,6)7/h13-19,25-26H,8-12,20-21H2,1-7H3,(H2,35,36,42)/t26-/m1/s1. The lowest BCUT2D eigenvalue weighted by Crippen LogP contribution is -2.55. The zero-order chi connectivity index (χ0) is 32.2. The number of benzene rings is 2. The Labute approximate surface area is 260 Å². The Morgan fingerprint density at radius 3 is 2.11 bits per heavy atom. The molecule has 1 fully saturated rings. The van der Waals surface area contributed by atoms with E-state index in [0.717, 1.165) is 36.9 Å². The van der Waals surface area contributed by atoms with Crippen molar-refractivity contribution in [3.8, 4) is 0 Å². The summed E-state index contributed by atoms with van der Waals surface area (Å²) < 4.78 is 11.0. The number of aryl methyl sites for hydroxylation is 1.